The van der Waals surface area contributed by atoms with Crippen LogP contribution in [0.25, 0.3) is 11.2 Å². The molecule has 1 saturated heterocycles. The first-order chi connectivity index (χ1) is 9.59. The van der Waals surface area contributed by atoms with Crippen molar-refractivity contribution in [2.45, 2.75) is 32.3 Å². The number of nitrogens with one attached hydrogen (secondary N) is 2. The number of anilines is 2. The van der Waals surface area contributed by atoms with E-state index < -0.39 is 5.60 Å². The largest absolute Gasteiger partial charge is 0.388 e. The second-order valence-corrected chi connectivity index (χ2v) is 5.57. The van der Waals surface area contributed by atoms with Gasteiger partial charge in [0.25, 0.3) is 0 Å². The highest BCUT2D eigenvalue weighted by Gasteiger charge is 2.33. The van der Waals surface area contributed by atoms with Gasteiger partial charge in [0.15, 0.2) is 11.5 Å². The van der Waals surface area contributed by atoms with Gasteiger partial charge in [-0.1, -0.05) is 6.92 Å². The zero-order valence-corrected chi connectivity index (χ0v) is 11.8. The molecule has 108 valence electrons. The molecule has 0 radical (unpaired) electrons. The predicted octanol–water partition coefficient (Wildman–Crippen LogP) is 1.14. The number of aromatic amines is 1. The number of hydrogen-bond acceptors (Lipinski definition) is 6. The maximum atomic E-state index is 10.1. The second-order valence-electron chi connectivity index (χ2n) is 5.57. The fourth-order valence-electron chi connectivity index (χ4n) is 2.49. The minimum absolute atomic E-state index is 0.575. The third-order valence-electron chi connectivity index (χ3n) is 3.55. The molecular formula is C13H20N6O. The van der Waals surface area contributed by atoms with Gasteiger partial charge in [-0.2, -0.15) is 9.97 Å². The van der Waals surface area contributed by atoms with Gasteiger partial charge in [0.1, 0.15) is 5.52 Å². The Bertz CT molecular complexity index is 608. The van der Waals surface area contributed by atoms with Gasteiger partial charge in [0, 0.05) is 19.6 Å². The molecular weight excluding hydrogens is 256 g/mol. The number of imidazole rings is 1. The first kappa shape index (κ1) is 13.1. The number of β-amino-alcohol motifs (C(OH)–C–C–N with tert-alkyl or cyclic N) is 1. The maximum Gasteiger partial charge on any atom is 0.226 e. The molecule has 1 aliphatic heterocycles. The summed E-state index contributed by atoms with van der Waals surface area (Å²) in [6.07, 6.45) is 3.38. The molecule has 0 spiro atoms. The third kappa shape index (κ3) is 2.40. The Hall–Kier alpha value is -1.89. The molecule has 3 rings (SSSR count). The standard InChI is InChI=1S/C13H20N6O/c1-3-5-14-12-17-10-9(15-8-16-10)11(18-12)19-6-4-13(2,20)7-19/h8,20H,3-7H2,1-2H3,(H2,14,15,16,17,18). The second kappa shape index (κ2) is 4.90. The fourth-order valence-corrected chi connectivity index (χ4v) is 2.49. The Morgan fingerprint density at radius 1 is 1.50 bits per heavy atom. The van der Waals surface area contributed by atoms with Gasteiger partial charge in [0.05, 0.1) is 11.9 Å². The van der Waals surface area contributed by atoms with Crippen molar-refractivity contribution in [2.75, 3.05) is 29.9 Å². The van der Waals surface area contributed by atoms with Crippen LogP contribution in [-0.4, -0.2) is 50.3 Å². The Balaban J connectivity index is 1.97. The van der Waals surface area contributed by atoms with Gasteiger partial charge in [-0.15, -0.1) is 0 Å². The van der Waals surface area contributed by atoms with Crippen LogP contribution >= 0.6 is 0 Å². The number of aromatic nitrogens is 4. The SMILES string of the molecule is CCCNc1nc(N2CCC(C)(O)C2)c2[nH]cnc2n1. The summed E-state index contributed by atoms with van der Waals surface area (Å²) in [5.41, 5.74) is 0.818. The average molecular weight is 276 g/mol. The van der Waals surface area contributed by atoms with Gasteiger partial charge in [0.2, 0.25) is 5.95 Å². The van der Waals surface area contributed by atoms with Crippen LogP contribution in [-0.2, 0) is 0 Å². The highest BCUT2D eigenvalue weighted by molar-refractivity contribution is 5.84. The average Bonchev–Trinajstić information content (AvgIpc) is 3.01. The summed E-state index contributed by atoms with van der Waals surface area (Å²) in [5, 5.41) is 13.3. The van der Waals surface area contributed by atoms with Gasteiger partial charge in [-0.3, -0.25) is 0 Å². The van der Waals surface area contributed by atoms with Crippen molar-refractivity contribution in [3.63, 3.8) is 0 Å². The topological polar surface area (TPSA) is 90.0 Å². The molecule has 3 heterocycles. The number of nitrogens with zero attached hydrogens (tertiary/aromatic N) is 4. The van der Waals surface area contributed by atoms with Crippen LogP contribution < -0.4 is 10.2 Å². The van der Waals surface area contributed by atoms with E-state index in [1.807, 2.05) is 6.92 Å². The van der Waals surface area contributed by atoms with Crippen LogP contribution in [0.1, 0.15) is 26.7 Å². The number of aliphatic hydroxyl groups is 1. The molecule has 2 aromatic heterocycles. The molecule has 1 atom stereocenters. The maximum absolute atomic E-state index is 10.1. The molecule has 0 aromatic carbocycles. The van der Waals surface area contributed by atoms with E-state index in [0.29, 0.717) is 18.1 Å². The summed E-state index contributed by atoms with van der Waals surface area (Å²) in [7, 11) is 0. The lowest BCUT2D eigenvalue weighted by atomic mass is 10.1. The molecule has 0 bridgehead atoms. The Morgan fingerprint density at radius 3 is 3.05 bits per heavy atom. The molecule has 3 N–H and O–H groups in total. The van der Waals surface area contributed by atoms with Crippen LogP contribution in [0, 0.1) is 0 Å². The van der Waals surface area contributed by atoms with E-state index in [1.54, 1.807) is 6.33 Å². The number of hydrogen-bond donors (Lipinski definition) is 3. The van der Waals surface area contributed by atoms with E-state index in [9.17, 15) is 5.11 Å². The van der Waals surface area contributed by atoms with Crippen LogP contribution in [0.2, 0.25) is 0 Å². The molecule has 2 aromatic rings. The van der Waals surface area contributed by atoms with Crippen molar-refractivity contribution >= 4 is 22.9 Å². The molecule has 1 unspecified atom stereocenters. The minimum Gasteiger partial charge on any atom is -0.388 e. The monoisotopic (exact) mass is 276 g/mol. The van der Waals surface area contributed by atoms with Gasteiger partial charge in [-0.25, -0.2) is 4.98 Å². The number of H-pyrrole nitrogens is 1. The van der Waals surface area contributed by atoms with Gasteiger partial charge >= 0.3 is 0 Å². The lowest BCUT2D eigenvalue weighted by Gasteiger charge is -2.20. The van der Waals surface area contributed by atoms with Crippen LogP contribution in [0.3, 0.4) is 0 Å². The minimum atomic E-state index is -0.658. The number of rotatable bonds is 4. The third-order valence-corrected chi connectivity index (χ3v) is 3.55. The zero-order valence-electron chi connectivity index (χ0n) is 11.8. The normalized spacial score (nSPS) is 22.6. The number of fused-ring (bicyclic) bond motifs is 1. The Morgan fingerprint density at radius 2 is 2.35 bits per heavy atom. The molecule has 1 fully saturated rings. The molecule has 1 aliphatic rings. The molecule has 7 heteroatoms. The molecule has 0 aliphatic carbocycles. The first-order valence-electron chi connectivity index (χ1n) is 7.01. The summed E-state index contributed by atoms with van der Waals surface area (Å²) >= 11 is 0. The lowest BCUT2D eigenvalue weighted by Crippen LogP contribution is -2.30. The van der Waals surface area contributed by atoms with Crippen LogP contribution in [0.15, 0.2) is 6.33 Å². The van der Waals surface area contributed by atoms with E-state index >= 15 is 0 Å². The van der Waals surface area contributed by atoms with Crippen LogP contribution in [0.4, 0.5) is 11.8 Å². The van der Waals surface area contributed by atoms with Gasteiger partial charge in [-0.05, 0) is 19.8 Å². The fraction of sp³-hybridized carbons (Fsp3) is 0.615. The van der Waals surface area contributed by atoms with E-state index in [4.69, 9.17) is 0 Å². The van der Waals surface area contributed by atoms with Crippen molar-refractivity contribution in [1.29, 1.82) is 0 Å². The summed E-state index contributed by atoms with van der Waals surface area (Å²) < 4.78 is 0. The van der Waals surface area contributed by atoms with Crippen LogP contribution in [0.5, 0.6) is 0 Å². The van der Waals surface area contributed by atoms with E-state index in [0.717, 1.165) is 37.3 Å². The van der Waals surface area contributed by atoms with E-state index in [1.165, 1.54) is 0 Å². The van der Waals surface area contributed by atoms with Gasteiger partial charge < -0.3 is 20.3 Å². The molecule has 20 heavy (non-hydrogen) atoms. The van der Waals surface area contributed by atoms with Crippen molar-refractivity contribution in [1.82, 2.24) is 19.9 Å². The molecule has 0 saturated carbocycles. The highest BCUT2D eigenvalue weighted by atomic mass is 16.3. The Labute approximate surface area is 117 Å². The summed E-state index contributed by atoms with van der Waals surface area (Å²) in [6, 6.07) is 0. The molecule has 0 amide bonds. The van der Waals surface area contributed by atoms with Crippen molar-refractivity contribution < 1.29 is 5.11 Å². The smallest absolute Gasteiger partial charge is 0.226 e. The predicted molar refractivity (Wildman–Crippen MR) is 77.9 cm³/mol. The van der Waals surface area contributed by atoms with Crippen molar-refractivity contribution in [3.8, 4) is 0 Å². The van der Waals surface area contributed by atoms with Crippen molar-refractivity contribution in [2.24, 2.45) is 0 Å². The molecule has 7 nitrogen and oxygen atoms in total. The highest BCUT2D eigenvalue weighted by Crippen LogP contribution is 2.29. The van der Waals surface area contributed by atoms with E-state index in [2.05, 4.69) is 37.1 Å². The van der Waals surface area contributed by atoms with Crippen molar-refractivity contribution in [3.05, 3.63) is 6.33 Å². The lowest BCUT2D eigenvalue weighted by molar-refractivity contribution is 0.0839. The quantitative estimate of drug-likeness (QED) is 0.776. The van der Waals surface area contributed by atoms with E-state index in [-0.39, 0.29) is 0 Å². The Kier molecular flexibility index (Phi) is 3.21. The summed E-state index contributed by atoms with van der Waals surface area (Å²) in [6.45, 7) is 6.14. The zero-order chi connectivity index (χ0) is 14.2. The first-order valence-corrected chi connectivity index (χ1v) is 7.01. The summed E-state index contributed by atoms with van der Waals surface area (Å²) in [4.78, 5) is 18.4. The summed E-state index contributed by atoms with van der Waals surface area (Å²) in [5.74, 6) is 1.40.